The number of benzene rings is 2. The molecule has 2 aromatic carbocycles. The van der Waals surface area contributed by atoms with Crippen LogP contribution >= 0.6 is 0 Å². The molecule has 1 aliphatic rings. The summed E-state index contributed by atoms with van der Waals surface area (Å²) < 4.78 is 11.5. The first-order valence-corrected chi connectivity index (χ1v) is 8.37. The van der Waals surface area contributed by atoms with Crippen molar-refractivity contribution >= 4 is 0 Å². The third-order valence-electron chi connectivity index (χ3n) is 4.10. The molecule has 25 heavy (non-hydrogen) atoms. The van der Waals surface area contributed by atoms with E-state index in [1.165, 1.54) is 0 Å². The predicted octanol–water partition coefficient (Wildman–Crippen LogP) is 3.92. The maximum absolute atomic E-state index is 12.5. The maximum atomic E-state index is 12.5. The summed E-state index contributed by atoms with van der Waals surface area (Å²) in [5.74, 6) is 2.35. The molecular formula is C20H18N2O3. The minimum Gasteiger partial charge on any atom is -0.494 e. The van der Waals surface area contributed by atoms with Gasteiger partial charge in [0.05, 0.1) is 12.2 Å². The molecule has 4 rings (SSSR count). The number of hydrogen-bond donors (Lipinski definition) is 1. The average Bonchev–Trinajstić information content (AvgIpc) is 2.65. The van der Waals surface area contributed by atoms with Gasteiger partial charge in [0.25, 0.3) is 5.56 Å². The van der Waals surface area contributed by atoms with Crippen molar-refractivity contribution in [1.82, 2.24) is 9.97 Å². The molecule has 3 aromatic rings. The normalized spacial score (nSPS) is 12.0. The molecule has 1 aromatic heterocycles. The van der Waals surface area contributed by atoms with Gasteiger partial charge in [-0.2, -0.15) is 4.98 Å². The van der Waals surface area contributed by atoms with Crippen LogP contribution < -0.4 is 15.0 Å². The number of rotatable bonds is 4. The van der Waals surface area contributed by atoms with Gasteiger partial charge in [0.1, 0.15) is 17.3 Å². The summed E-state index contributed by atoms with van der Waals surface area (Å²) in [6.45, 7) is 2.71. The lowest BCUT2D eigenvalue weighted by Crippen LogP contribution is -2.20. The highest BCUT2D eigenvalue weighted by Gasteiger charge is 2.22. The topological polar surface area (TPSA) is 64.2 Å². The number of para-hydroxylation sites is 1. The molecule has 0 unspecified atom stereocenters. The van der Waals surface area contributed by atoms with E-state index in [9.17, 15) is 4.79 Å². The lowest BCUT2D eigenvalue weighted by Gasteiger charge is -2.18. The number of ether oxygens (including phenoxy) is 2. The summed E-state index contributed by atoms with van der Waals surface area (Å²) in [5, 5.41) is 0. The molecule has 2 heterocycles. The zero-order valence-electron chi connectivity index (χ0n) is 13.9. The number of nitrogens with zero attached hydrogens (tertiary/aromatic N) is 1. The second kappa shape index (κ2) is 6.43. The summed E-state index contributed by atoms with van der Waals surface area (Å²) in [6.07, 6.45) is 1.46. The second-order valence-corrected chi connectivity index (χ2v) is 5.96. The Morgan fingerprint density at radius 1 is 1.20 bits per heavy atom. The van der Waals surface area contributed by atoms with Gasteiger partial charge in [-0.15, -0.1) is 0 Å². The van der Waals surface area contributed by atoms with Gasteiger partial charge < -0.3 is 14.5 Å². The smallest absolute Gasteiger partial charge is 0.258 e. The minimum atomic E-state index is -0.172. The number of aromatic amines is 1. The van der Waals surface area contributed by atoms with Crippen molar-refractivity contribution < 1.29 is 9.47 Å². The van der Waals surface area contributed by atoms with Crippen molar-refractivity contribution in [3.05, 3.63) is 70.0 Å². The fourth-order valence-corrected chi connectivity index (χ4v) is 2.85. The van der Waals surface area contributed by atoms with Crippen molar-refractivity contribution in [1.29, 1.82) is 0 Å². The van der Waals surface area contributed by atoms with Crippen LogP contribution in [-0.2, 0) is 6.42 Å². The minimum absolute atomic E-state index is 0.172. The maximum Gasteiger partial charge on any atom is 0.258 e. The highest BCUT2D eigenvalue weighted by Crippen LogP contribution is 2.34. The molecule has 5 nitrogen and oxygen atoms in total. The van der Waals surface area contributed by atoms with Gasteiger partial charge in [-0.25, -0.2) is 0 Å². The molecule has 0 fully saturated rings. The molecule has 1 N–H and O–H groups in total. The van der Waals surface area contributed by atoms with E-state index < -0.39 is 0 Å². The Hall–Kier alpha value is -3.08. The van der Waals surface area contributed by atoms with Gasteiger partial charge in [0, 0.05) is 12.0 Å². The molecular weight excluding hydrogens is 316 g/mol. The van der Waals surface area contributed by atoms with Crippen LogP contribution in [0.2, 0.25) is 0 Å². The summed E-state index contributed by atoms with van der Waals surface area (Å²) in [7, 11) is 0. The molecule has 0 bridgehead atoms. The average molecular weight is 334 g/mol. The highest BCUT2D eigenvalue weighted by atomic mass is 16.5. The fraction of sp³-hybridized carbons (Fsp3) is 0.200. The van der Waals surface area contributed by atoms with E-state index in [0.29, 0.717) is 30.3 Å². The number of nitrogens with one attached hydrogen (secondary N) is 1. The van der Waals surface area contributed by atoms with Gasteiger partial charge >= 0.3 is 0 Å². The molecule has 0 saturated carbocycles. The Bertz CT molecular complexity index is 979. The molecule has 1 aliphatic heterocycles. The molecule has 126 valence electrons. The summed E-state index contributed by atoms with van der Waals surface area (Å²) >= 11 is 0. The zero-order valence-corrected chi connectivity index (χ0v) is 13.9. The molecule has 0 radical (unpaired) electrons. The zero-order chi connectivity index (χ0) is 17.2. The Morgan fingerprint density at radius 3 is 2.96 bits per heavy atom. The second-order valence-electron chi connectivity index (χ2n) is 5.96. The lowest BCUT2D eigenvalue weighted by atomic mass is 10.0. The van der Waals surface area contributed by atoms with Crippen molar-refractivity contribution in [3.63, 3.8) is 0 Å². The molecule has 0 aliphatic carbocycles. The van der Waals surface area contributed by atoms with E-state index in [0.717, 1.165) is 29.0 Å². The quantitative estimate of drug-likeness (QED) is 0.614. The summed E-state index contributed by atoms with van der Waals surface area (Å²) in [5.41, 5.74) is 2.16. The van der Waals surface area contributed by atoms with E-state index >= 15 is 0 Å². The molecule has 0 spiro atoms. The first-order chi connectivity index (χ1) is 12.2. The predicted molar refractivity (Wildman–Crippen MR) is 95.4 cm³/mol. The van der Waals surface area contributed by atoms with Crippen LogP contribution in [0.5, 0.6) is 17.4 Å². The SMILES string of the molecule is CCCOc1cccc(-c2nc3c(c(=O)[nH]2)Cc2ccccc2O3)c1. The third kappa shape index (κ3) is 3.01. The van der Waals surface area contributed by atoms with Crippen LogP contribution in [0.25, 0.3) is 11.4 Å². The van der Waals surface area contributed by atoms with Gasteiger partial charge in [0.2, 0.25) is 5.88 Å². The first kappa shape index (κ1) is 15.4. The van der Waals surface area contributed by atoms with Gasteiger partial charge in [0.15, 0.2) is 0 Å². The first-order valence-electron chi connectivity index (χ1n) is 8.37. The highest BCUT2D eigenvalue weighted by molar-refractivity contribution is 5.59. The Balaban J connectivity index is 1.72. The number of H-pyrrole nitrogens is 1. The van der Waals surface area contributed by atoms with Gasteiger partial charge in [-0.3, -0.25) is 4.79 Å². The number of fused-ring (bicyclic) bond motifs is 2. The van der Waals surface area contributed by atoms with Crippen molar-refractivity contribution in [2.24, 2.45) is 0 Å². The molecule has 0 saturated heterocycles. The molecule has 0 amide bonds. The Morgan fingerprint density at radius 2 is 2.08 bits per heavy atom. The summed E-state index contributed by atoms with van der Waals surface area (Å²) in [4.78, 5) is 19.9. The Labute approximate surface area is 145 Å². The van der Waals surface area contributed by atoms with Crippen LogP contribution in [0.3, 0.4) is 0 Å². The van der Waals surface area contributed by atoms with Gasteiger partial charge in [-0.05, 0) is 30.2 Å². The van der Waals surface area contributed by atoms with Gasteiger partial charge in [-0.1, -0.05) is 37.3 Å². The summed E-state index contributed by atoms with van der Waals surface area (Å²) in [6, 6.07) is 15.2. The van der Waals surface area contributed by atoms with E-state index in [1.54, 1.807) is 0 Å². The Kier molecular flexibility index (Phi) is 3.98. The monoisotopic (exact) mass is 334 g/mol. The van der Waals surface area contributed by atoms with E-state index in [1.807, 2.05) is 48.5 Å². The standard InChI is InChI=1S/C20H18N2O3/c1-2-10-24-15-8-5-7-14(11-15)18-21-19(23)16-12-13-6-3-4-9-17(13)25-20(16)22-18/h3-9,11H,2,10,12H2,1H3,(H,21,22,23). The van der Waals surface area contributed by atoms with Crippen LogP contribution in [0.15, 0.2) is 53.3 Å². The van der Waals surface area contributed by atoms with Crippen molar-refractivity contribution in [2.75, 3.05) is 6.61 Å². The third-order valence-corrected chi connectivity index (χ3v) is 4.10. The number of aromatic nitrogens is 2. The van der Waals surface area contributed by atoms with E-state index in [-0.39, 0.29) is 5.56 Å². The fourth-order valence-electron chi connectivity index (χ4n) is 2.85. The van der Waals surface area contributed by atoms with Crippen molar-refractivity contribution in [2.45, 2.75) is 19.8 Å². The van der Waals surface area contributed by atoms with Crippen LogP contribution in [-0.4, -0.2) is 16.6 Å². The van der Waals surface area contributed by atoms with Crippen LogP contribution in [0.4, 0.5) is 0 Å². The molecule has 0 atom stereocenters. The lowest BCUT2D eigenvalue weighted by molar-refractivity contribution is 0.317. The van der Waals surface area contributed by atoms with E-state index in [2.05, 4.69) is 16.9 Å². The molecule has 5 heteroatoms. The van der Waals surface area contributed by atoms with Crippen LogP contribution in [0, 0.1) is 0 Å². The van der Waals surface area contributed by atoms with E-state index in [4.69, 9.17) is 9.47 Å². The van der Waals surface area contributed by atoms with Crippen molar-refractivity contribution in [3.8, 4) is 28.8 Å². The largest absolute Gasteiger partial charge is 0.494 e. The number of hydrogen-bond acceptors (Lipinski definition) is 4. The van der Waals surface area contributed by atoms with Crippen LogP contribution in [0.1, 0.15) is 24.5 Å².